The Hall–Kier alpha value is -1.40. The molecule has 1 aliphatic heterocycles. The fraction of sp³-hybridized carbons (Fsp3) is 0.500. The van der Waals surface area contributed by atoms with E-state index in [4.69, 9.17) is 9.15 Å². The lowest BCUT2D eigenvalue weighted by Crippen LogP contribution is -2.37. The predicted molar refractivity (Wildman–Crippen MR) is 86.7 cm³/mol. The molecule has 0 amide bonds. The molecule has 0 spiro atoms. The quantitative estimate of drug-likeness (QED) is 0.812. The maximum atomic E-state index is 5.88. The van der Waals surface area contributed by atoms with Crippen LogP contribution in [0.1, 0.15) is 31.1 Å². The topological polar surface area (TPSA) is 51.4 Å². The summed E-state index contributed by atoms with van der Waals surface area (Å²) >= 11 is 3.33. The van der Waals surface area contributed by atoms with E-state index in [2.05, 4.69) is 37.7 Å². The van der Waals surface area contributed by atoms with Gasteiger partial charge < -0.3 is 9.15 Å². The molecule has 0 saturated carbocycles. The number of hydrogen-bond acceptors (Lipinski definition) is 5. The molecule has 22 heavy (non-hydrogen) atoms. The molecule has 118 valence electrons. The van der Waals surface area contributed by atoms with Crippen molar-refractivity contribution in [3.05, 3.63) is 40.5 Å². The molecule has 5 nitrogen and oxygen atoms in total. The number of rotatable bonds is 5. The highest BCUT2D eigenvalue weighted by Crippen LogP contribution is 2.20. The minimum Gasteiger partial charge on any atom is -0.460 e. The molecule has 1 fully saturated rings. The fourth-order valence-corrected chi connectivity index (χ4v) is 2.92. The molecule has 3 heterocycles. The van der Waals surface area contributed by atoms with Gasteiger partial charge in [0, 0.05) is 25.5 Å². The number of halogens is 1. The Kier molecular flexibility index (Phi) is 5.10. The lowest BCUT2D eigenvalue weighted by Gasteiger charge is -2.30. The summed E-state index contributed by atoms with van der Waals surface area (Å²) in [5.41, 5.74) is 1.13. The zero-order valence-corrected chi connectivity index (χ0v) is 14.3. The summed E-state index contributed by atoms with van der Waals surface area (Å²) in [7, 11) is 0. The van der Waals surface area contributed by atoms with Crippen LogP contribution in [0.5, 0.6) is 6.01 Å². The lowest BCUT2D eigenvalue weighted by atomic mass is 10.1. The fourth-order valence-electron chi connectivity index (χ4n) is 2.58. The van der Waals surface area contributed by atoms with Crippen LogP contribution in [0, 0.1) is 0 Å². The smallest absolute Gasteiger partial charge is 0.316 e. The molecule has 0 aromatic carbocycles. The van der Waals surface area contributed by atoms with Crippen LogP contribution in [-0.2, 0) is 13.0 Å². The highest BCUT2D eigenvalue weighted by Gasteiger charge is 2.22. The molecule has 2 aromatic heterocycles. The number of aromatic nitrogens is 2. The van der Waals surface area contributed by atoms with E-state index >= 15 is 0 Å². The number of hydrogen-bond donors (Lipinski definition) is 0. The van der Waals surface area contributed by atoms with Crippen molar-refractivity contribution in [1.82, 2.24) is 14.9 Å². The molecular formula is C16H20BrN3O2. The molecule has 1 aliphatic rings. The van der Waals surface area contributed by atoms with Crippen molar-refractivity contribution < 1.29 is 9.15 Å². The van der Waals surface area contributed by atoms with Gasteiger partial charge in [-0.15, -0.1) is 0 Å². The third-order valence-corrected chi connectivity index (χ3v) is 4.33. The Labute approximate surface area is 138 Å². The van der Waals surface area contributed by atoms with E-state index < -0.39 is 0 Å². The second-order valence-corrected chi connectivity index (χ2v) is 6.31. The first kappa shape index (κ1) is 15.5. The van der Waals surface area contributed by atoms with Crippen molar-refractivity contribution in [3.63, 3.8) is 0 Å². The normalized spacial score (nSPS) is 16.8. The molecule has 0 bridgehead atoms. The zero-order valence-electron chi connectivity index (χ0n) is 12.7. The maximum absolute atomic E-state index is 5.88. The van der Waals surface area contributed by atoms with Crippen LogP contribution in [0.25, 0.3) is 0 Å². The molecule has 0 unspecified atom stereocenters. The molecule has 0 radical (unpaired) electrons. The number of nitrogens with zero attached hydrogens (tertiary/aromatic N) is 3. The van der Waals surface area contributed by atoms with Crippen molar-refractivity contribution in [2.45, 2.75) is 38.8 Å². The third-order valence-electron chi connectivity index (χ3n) is 3.90. The van der Waals surface area contributed by atoms with Gasteiger partial charge >= 0.3 is 6.01 Å². The van der Waals surface area contributed by atoms with Crippen molar-refractivity contribution in [2.75, 3.05) is 13.1 Å². The van der Waals surface area contributed by atoms with E-state index in [1.54, 1.807) is 0 Å². The van der Waals surface area contributed by atoms with Gasteiger partial charge in [-0.25, -0.2) is 9.97 Å². The van der Waals surface area contributed by atoms with Crippen LogP contribution < -0.4 is 4.74 Å². The number of ether oxygens (including phenoxy) is 1. The van der Waals surface area contributed by atoms with Gasteiger partial charge in [-0.2, -0.15) is 0 Å². The Balaban J connectivity index is 1.46. The van der Waals surface area contributed by atoms with E-state index in [0.29, 0.717) is 6.01 Å². The zero-order chi connectivity index (χ0) is 15.4. The highest BCUT2D eigenvalue weighted by molar-refractivity contribution is 9.10. The Morgan fingerprint density at radius 2 is 2.00 bits per heavy atom. The summed E-state index contributed by atoms with van der Waals surface area (Å²) < 4.78 is 12.2. The van der Waals surface area contributed by atoms with Gasteiger partial charge in [-0.3, -0.25) is 4.90 Å². The van der Waals surface area contributed by atoms with Crippen LogP contribution in [0.2, 0.25) is 0 Å². The summed E-state index contributed by atoms with van der Waals surface area (Å²) in [6.45, 7) is 4.93. The van der Waals surface area contributed by atoms with Crippen LogP contribution in [0.15, 0.2) is 33.6 Å². The Morgan fingerprint density at radius 1 is 1.27 bits per heavy atom. The Bertz CT molecular complexity index is 592. The Morgan fingerprint density at radius 3 is 2.59 bits per heavy atom. The highest BCUT2D eigenvalue weighted by atomic mass is 79.9. The van der Waals surface area contributed by atoms with Crippen LogP contribution >= 0.6 is 15.9 Å². The monoisotopic (exact) mass is 365 g/mol. The second-order valence-electron chi connectivity index (χ2n) is 5.53. The molecular weight excluding hydrogens is 346 g/mol. The molecule has 0 N–H and O–H groups in total. The standard InChI is InChI=1S/C16H20BrN3O2/c1-2-12-9-18-16(19-10-12)22-13-5-7-20(8-6-13)11-14-3-4-15(17)21-14/h3-4,9-10,13H,2,5-8,11H2,1H3. The number of likely N-dealkylation sites (tertiary alicyclic amines) is 1. The van der Waals surface area contributed by atoms with Crippen LogP contribution in [-0.4, -0.2) is 34.1 Å². The SMILES string of the molecule is CCc1cnc(OC2CCN(Cc3ccc(Br)o3)CC2)nc1. The van der Waals surface area contributed by atoms with Gasteiger partial charge in [-0.05, 0) is 52.9 Å². The number of piperidine rings is 1. The number of furan rings is 1. The van der Waals surface area contributed by atoms with Crippen molar-refractivity contribution in [3.8, 4) is 6.01 Å². The summed E-state index contributed by atoms with van der Waals surface area (Å²) in [6, 6.07) is 4.43. The van der Waals surface area contributed by atoms with Gasteiger partial charge in [0.2, 0.25) is 0 Å². The first-order valence-corrected chi connectivity index (χ1v) is 8.46. The molecule has 6 heteroatoms. The minimum absolute atomic E-state index is 0.201. The summed E-state index contributed by atoms with van der Waals surface area (Å²) in [5.74, 6) is 0.990. The summed E-state index contributed by atoms with van der Waals surface area (Å²) in [5, 5.41) is 0. The average molecular weight is 366 g/mol. The first-order valence-electron chi connectivity index (χ1n) is 7.67. The van der Waals surface area contributed by atoms with Gasteiger partial charge in [0.25, 0.3) is 0 Å². The molecule has 3 rings (SSSR count). The predicted octanol–water partition coefficient (Wildman–Crippen LogP) is 3.44. The van der Waals surface area contributed by atoms with Gasteiger partial charge in [0.1, 0.15) is 11.9 Å². The van der Waals surface area contributed by atoms with Crippen molar-refractivity contribution >= 4 is 15.9 Å². The van der Waals surface area contributed by atoms with E-state index in [1.807, 2.05) is 24.5 Å². The van der Waals surface area contributed by atoms with E-state index in [9.17, 15) is 0 Å². The molecule has 0 aliphatic carbocycles. The molecule has 0 atom stereocenters. The van der Waals surface area contributed by atoms with Crippen molar-refractivity contribution in [2.24, 2.45) is 0 Å². The minimum atomic E-state index is 0.201. The van der Waals surface area contributed by atoms with Gasteiger partial charge in [-0.1, -0.05) is 6.92 Å². The van der Waals surface area contributed by atoms with Crippen LogP contribution in [0.3, 0.4) is 0 Å². The second kappa shape index (κ2) is 7.24. The van der Waals surface area contributed by atoms with E-state index in [-0.39, 0.29) is 6.10 Å². The van der Waals surface area contributed by atoms with Gasteiger partial charge in [0.05, 0.1) is 6.54 Å². The maximum Gasteiger partial charge on any atom is 0.316 e. The first-order chi connectivity index (χ1) is 10.7. The lowest BCUT2D eigenvalue weighted by molar-refractivity contribution is 0.0855. The van der Waals surface area contributed by atoms with Crippen molar-refractivity contribution in [1.29, 1.82) is 0 Å². The van der Waals surface area contributed by atoms with E-state index in [0.717, 1.165) is 54.9 Å². The summed E-state index contributed by atoms with van der Waals surface area (Å²) in [4.78, 5) is 10.9. The van der Waals surface area contributed by atoms with E-state index in [1.165, 1.54) is 0 Å². The average Bonchev–Trinajstić information content (AvgIpc) is 2.95. The third kappa shape index (κ3) is 4.08. The van der Waals surface area contributed by atoms with Gasteiger partial charge in [0.15, 0.2) is 4.67 Å². The van der Waals surface area contributed by atoms with Crippen LogP contribution in [0.4, 0.5) is 0 Å². The molecule has 2 aromatic rings. The number of aryl methyl sites for hydroxylation is 1. The molecule has 1 saturated heterocycles. The summed E-state index contributed by atoms with van der Waals surface area (Å²) in [6.07, 6.45) is 6.80. The largest absolute Gasteiger partial charge is 0.460 e.